The molecule has 0 aliphatic carbocycles. The van der Waals surface area contributed by atoms with E-state index in [-0.39, 0.29) is 0 Å². The van der Waals surface area contributed by atoms with Gasteiger partial charge in [0.15, 0.2) is 0 Å². The number of carbonyl (C=O) groups excluding carboxylic acids is 1. The summed E-state index contributed by atoms with van der Waals surface area (Å²) < 4.78 is 11.1. The summed E-state index contributed by atoms with van der Waals surface area (Å²) in [6.07, 6.45) is 9.24. The van der Waals surface area contributed by atoms with Gasteiger partial charge < -0.3 is 9.47 Å². The van der Waals surface area contributed by atoms with Crippen molar-refractivity contribution < 1.29 is 14.3 Å². The number of aliphatic imine (C=N–C) groups is 1. The molecule has 0 aliphatic heterocycles. The van der Waals surface area contributed by atoms with Gasteiger partial charge in [-0.2, -0.15) is 0 Å². The Labute approximate surface area is 239 Å². The third kappa shape index (κ3) is 7.87. The quantitative estimate of drug-likeness (QED) is 0.100. The van der Waals surface area contributed by atoms with E-state index in [1.54, 1.807) is 31.6 Å². The molecule has 0 unspecified atom stereocenters. The van der Waals surface area contributed by atoms with E-state index in [2.05, 4.69) is 21.9 Å². The summed E-state index contributed by atoms with van der Waals surface area (Å²) in [4.78, 5) is 23.9. The second-order valence-corrected chi connectivity index (χ2v) is 9.52. The smallest absolute Gasteiger partial charge is 0.150 e. The number of carbonyl (C=O) groups is 1. The van der Waals surface area contributed by atoms with E-state index in [1.165, 1.54) is 6.42 Å². The first-order valence-electron chi connectivity index (χ1n) is 13.2. The summed E-state index contributed by atoms with van der Waals surface area (Å²) in [7, 11) is 1.66. The van der Waals surface area contributed by atoms with Crippen molar-refractivity contribution in [3.8, 4) is 11.5 Å². The molecule has 0 saturated carbocycles. The first kappa shape index (κ1) is 28.7. The molecule has 7 heteroatoms. The standard InChI is InChI=1S/C19H17NO3.C14H15ClN2/c1-22-16-4-2-3-14(11-16)8-10-23-19-7-9-20-18-6-5-15(13-21)12-17(18)19;1-2-3-7-16-10-11-4-5-14-12(9-11)13(15)6-8-17-14/h2-7,9,11-13H,8,10H2,1H3;4-6,8-10H,2-3,7H2,1H3. The van der Waals surface area contributed by atoms with Crippen molar-refractivity contribution in [2.45, 2.75) is 26.2 Å². The van der Waals surface area contributed by atoms with Gasteiger partial charge in [-0.3, -0.25) is 19.8 Å². The van der Waals surface area contributed by atoms with Crippen molar-refractivity contribution >= 4 is 45.9 Å². The first-order valence-corrected chi connectivity index (χ1v) is 13.6. The number of unbranched alkanes of at least 4 members (excludes halogenated alkanes) is 1. The Morgan fingerprint density at radius 1 is 0.900 bits per heavy atom. The largest absolute Gasteiger partial charge is 0.497 e. The van der Waals surface area contributed by atoms with Gasteiger partial charge in [0.05, 0.1) is 29.8 Å². The van der Waals surface area contributed by atoms with E-state index in [9.17, 15) is 4.79 Å². The Balaban J connectivity index is 0.000000194. The van der Waals surface area contributed by atoms with Crippen LogP contribution < -0.4 is 9.47 Å². The summed E-state index contributed by atoms with van der Waals surface area (Å²) >= 11 is 6.13. The molecule has 0 atom stereocenters. The third-order valence-electron chi connectivity index (χ3n) is 6.24. The molecule has 0 amide bonds. The van der Waals surface area contributed by atoms with Crippen LogP contribution in [0.15, 0.2) is 90.2 Å². The zero-order valence-corrected chi connectivity index (χ0v) is 23.5. The lowest BCUT2D eigenvalue weighted by Gasteiger charge is -2.10. The summed E-state index contributed by atoms with van der Waals surface area (Å²) in [5.74, 6) is 1.58. The lowest BCUT2D eigenvalue weighted by molar-refractivity contribution is 0.112. The molecule has 5 aromatic rings. The molecule has 2 heterocycles. The maximum Gasteiger partial charge on any atom is 0.150 e. The summed E-state index contributed by atoms with van der Waals surface area (Å²) in [5.41, 5.74) is 4.57. The second-order valence-electron chi connectivity index (χ2n) is 9.11. The Morgan fingerprint density at radius 2 is 1.65 bits per heavy atom. The van der Waals surface area contributed by atoms with Gasteiger partial charge in [-0.15, -0.1) is 0 Å². The second kappa shape index (κ2) is 14.8. The van der Waals surface area contributed by atoms with E-state index < -0.39 is 0 Å². The SMILES string of the molecule is CCCCN=Cc1ccc2nccc(Cl)c2c1.COc1cccc(CCOc2ccnc3ccc(C=O)cc23)c1. The number of benzene rings is 3. The Morgan fingerprint density at radius 3 is 2.42 bits per heavy atom. The zero-order valence-electron chi connectivity index (χ0n) is 22.7. The number of halogens is 1. The van der Waals surface area contributed by atoms with E-state index in [0.717, 1.165) is 75.1 Å². The van der Waals surface area contributed by atoms with Crippen molar-refractivity contribution in [2.24, 2.45) is 4.99 Å². The molecule has 0 saturated heterocycles. The van der Waals surface area contributed by atoms with Gasteiger partial charge in [0.2, 0.25) is 0 Å². The number of methoxy groups -OCH3 is 1. The van der Waals surface area contributed by atoms with Crippen molar-refractivity contribution in [2.75, 3.05) is 20.3 Å². The Hall–Kier alpha value is -4.29. The van der Waals surface area contributed by atoms with Gasteiger partial charge in [-0.1, -0.05) is 43.1 Å². The molecule has 5 rings (SSSR count). The van der Waals surface area contributed by atoms with Gasteiger partial charge in [-0.25, -0.2) is 0 Å². The fraction of sp³-hybridized carbons (Fsp3) is 0.212. The zero-order chi connectivity index (χ0) is 28.2. The molecular formula is C33H32ClN3O3. The van der Waals surface area contributed by atoms with Crippen LogP contribution in [-0.2, 0) is 6.42 Å². The highest BCUT2D eigenvalue weighted by atomic mass is 35.5. The number of nitrogens with zero attached hydrogens (tertiary/aromatic N) is 3. The van der Waals surface area contributed by atoms with Crippen molar-refractivity contribution in [1.82, 2.24) is 9.97 Å². The molecule has 2 aromatic heterocycles. The predicted molar refractivity (Wildman–Crippen MR) is 163 cm³/mol. The van der Waals surface area contributed by atoms with Crippen LogP contribution in [0.4, 0.5) is 0 Å². The molecule has 0 spiro atoms. The summed E-state index contributed by atoms with van der Waals surface area (Å²) in [5, 5.41) is 2.56. The fourth-order valence-corrected chi connectivity index (χ4v) is 4.28. The fourth-order valence-electron chi connectivity index (χ4n) is 4.07. The van der Waals surface area contributed by atoms with Gasteiger partial charge in [0.25, 0.3) is 0 Å². The highest BCUT2D eigenvalue weighted by molar-refractivity contribution is 6.35. The van der Waals surface area contributed by atoms with Crippen LogP contribution in [0.3, 0.4) is 0 Å². The molecular weight excluding hydrogens is 522 g/mol. The van der Waals surface area contributed by atoms with Crippen LogP contribution in [0.2, 0.25) is 5.02 Å². The van der Waals surface area contributed by atoms with Gasteiger partial charge in [0, 0.05) is 47.9 Å². The van der Waals surface area contributed by atoms with Crippen LogP contribution >= 0.6 is 11.6 Å². The molecule has 0 N–H and O–H groups in total. The average Bonchev–Trinajstić information content (AvgIpc) is 3.00. The third-order valence-corrected chi connectivity index (χ3v) is 6.57. The van der Waals surface area contributed by atoms with Crippen LogP contribution in [0, 0.1) is 0 Å². The lowest BCUT2D eigenvalue weighted by atomic mass is 10.1. The van der Waals surface area contributed by atoms with Gasteiger partial charge >= 0.3 is 0 Å². The minimum atomic E-state index is 0.539. The maximum absolute atomic E-state index is 10.9. The van der Waals surface area contributed by atoms with E-state index >= 15 is 0 Å². The molecule has 204 valence electrons. The molecule has 3 aromatic carbocycles. The molecule has 40 heavy (non-hydrogen) atoms. The van der Waals surface area contributed by atoms with E-state index in [0.29, 0.717) is 12.2 Å². The van der Waals surface area contributed by atoms with E-state index in [1.807, 2.05) is 66.9 Å². The number of hydrogen-bond acceptors (Lipinski definition) is 6. The highest BCUT2D eigenvalue weighted by Crippen LogP contribution is 2.25. The normalized spacial score (nSPS) is 10.9. The van der Waals surface area contributed by atoms with Crippen molar-refractivity contribution in [3.05, 3.63) is 107 Å². The number of fused-ring (bicyclic) bond motifs is 2. The topological polar surface area (TPSA) is 73.7 Å². The van der Waals surface area contributed by atoms with Crippen LogP contribution in [0.1, 0.15) is 41.3 Å². The minimum Gasteiger partial charge on any atom is -0.497 e. The Bertz CT molecular complexity index is 1600. The highest BCUT2D eigenvalue weighted by Gasteiger charge is 2.05. The molecule has 0 bridgehead atoms. The molecule has 0 aliphatic rings. The van der Waals surface area contributed by atoms with E-state index in [4.69, 9.17) is 21.1 Å². The number of pyridine rings is 2. The summed E-state index contributed by atoms with van der Waals surface area (Å²) in [6, 6.07) is 23.0. The number of aromatic nitrogens is 2. The number of hydrogen-bond donors (Lipinski definition) is 0. The van der Waals surface area contributed by atoms with Crippen LogP contribution in [0.25, 0.3) is 21.8 Å². The van der Waals surface area contributed by atoms with Gasteiger partial charge in [0.1, 0.15) is 17.8 Å². The van der Waals surface area contributed by atoms with Crippen molar-refractivity contribution in [3.63, 3.8) is 0 Å². The lowest BCUT2D eigenvalue weighted by Crippen LogP contribution is -2.02. The number of aldehydes is 1. The predicted octanol–water partition coefficient (Wildman–Crippen LogP) is 7.78. The van der Waals surface area contributed by atoms with Gasteiger partial charge in [-0.05, 0) is 72.1 Å². The molecule has 0 fully saturated rings. The monoisotopic (exact) mass is 553 g/mol. The number of ether oxygens (including phenoxy) is 2. The Kier molecular flexibility index (Phi) is 10.6. The van der Waals surface area contributed by atoms with Crippen molar-refractivity contribution in [1.29, 1.82) is 0 Å². The average molecular weight is 554 g/mol. The molecule has 0 radical (unpaired) electrons. The van der Waals surface area contributed by atoms with Crippen LogP contribution in [0.5, 0.6) is 11.5 Å². The van der Waals surface area contributed by atoms with Crippen LogP contribution in [-0.4, -0.2) is 42.7 Å². The number of rotatable bonds is 10. The first-order chi connectivity index (χ1) is 19.6. The minimum absolute atomic E-state index is 0.539. The summed E-state index contributed by atoms with van der Waals surface area (Å²) in [6.45, 7) is 3.59. The molecule has 6 nitrogen and oxygen atoms in total. The maximum atomic E-state index is 10.9.